The summed E-state index contributed by atoms with van der Waals surface area (Å²) in [5.74, 6) is -1.13. The number of carbonyl (C=O) groups excluding carboxylic acids is 1. The Kier molecular flexibility index (Phi) is 4.60. The number of hydrogen-bond acceptors (Lipinski definition) is 3. The SMILES string of the molecule is CC1CC(C(=O)O)CCN1C(=O)OCC1c2ccccc2-c2ccccc21. The van der Waals surface area contributed by atoms with Crippen molar-refractivity contribution in [2.45, 2.75) is 31.7 Å². The van der Waals surface area contributed by atoms with Crippen LogP contribution in [0.1, 0.15) is 36.8 Å². The van der Waals surface area contributed by atoms with Gasteiger partial charge in [0.1, 0.15) is 6.61 Å². The smallest absolute Gasteiger partial charge is 0.410 e. The molecule has 0 saturated carbocycles. The zero-order valence-corrected chi connectivity index (χ0v) is 15.3. The summed E-state index contributed by atoms with van der Waals surface area (Å²) in [6.07, 6.45) is 0.594. The maximum atomic E-state index is 12.6. The summed E-state index contributed by atoms with van der Waals surface area (Å²) >= 11 is 0. The lowest BCUT2D eigenvalue weighted by Gasteiger charge is -2.35. The predicted octanol–water partition coefficient (Wildman–Crippen LogP) is 4.12. The maximum Gasteiger partial charge on any atom is 0.410 e. The van der Waals surface area contributed by atoms with Crippen LogP contribution in [0, 0.1) is 5.92 Å². The molecule has 1 heterocycles. The van der Waals surface area contributed by atoms with Crippen molar-refractivity contribution in [1.29, 1.82) is 0 Å². The van der Waals surface area contributed by atoms with Gasteiger partial charge in [-0.3, -0.25) is 4.79 Å². The Hall–Kier alpha value is -2.82. The molecular weight excluding hydrogens is 342 g/mol. The second-order valence-corrected chi connectivity index (χ2v) is 7.41. The second kappa shape index (κ2) is 7.06. The molecule has 5 heteroatoms. The van der Waals surface area contributed by atoms with Crippen molar-refractivity contribution in [2.75, 3.05) is 13.2 Å². The Labute approximate surface area is 158 Å². The van der Waals surface area contributed by atoms with Crippen molar-refractivity contribution in [2.24, 2.45) is 5.92 Å². The molecule has 1 N–H and O–H groups in total. The lowest BCUT2D eigenvalue weighted by molar-refractivity contribution is -0.143. The lowest BCUT2D eigenvalue weighted by atomic mass is 9.92. The fraction of sp³-hybridized carbons (Fsp3) is 0.364. The third-order valence-electron chi connectivity index (χ3n) is 5.80. The number of hydrogen-bond donors (Lipinski definition) is 1. The van der Waals surface area contributed by atoms with Crippen LogP contribution < -0.4 is 0 Å². The van der Waals surface area contributed by atoms with E-state index in [1.807, 2.05) is 31.2 Å². The Bertz CT molecular complexity index is 833. The van der Waals surface area contributed by atoms with Gasteiger partial charge in [-0.05, 0) is 42.0 Å². The van der Waals surface area contributed by atoms with Crippen LogP contribution in [0.5, 0.6) is 0 Å². The zero-order chi connectivity index (χ0) is 19.0. The van der Waals surface area contributed by atoms with Gasteiger partial charge in [0, 0.05) is 18.5 Å². The molecule has 2 aromatic rings. The minimum Gasteiger partial charge on any atom is -0.481 e. The van der Waals surface area contributed by atoms with Crippen molar-refractivity contribution in [3.8, 4) is 11.1 Å². The zero-order valence-electron chi connectivity index (χ0n) is 15.3. The highest BCUT2D eigenvalue weighted by Crippen LogP contribution is 2.44. The normalized spacial score (nSPS) is 21.4. The first-order valence-electron chi connectivity index (χ1n) is 9.40. The Morgan fingerprint density at radius 3 is 2.22 bits per heavy atom. The fourth-order valence-electron chi connectivity index (χ4n) is 4.34. The van der Waals surface area contributed by atoms with Gasteiger partial charge in [0.25, 0.3) is 0 Å². The minimum atomic E-state index is -0.783. The quantitative estimate of drug-likeness (QED) is 0.888. The first-order chi connectivity index (χ1) is 13.1. The Morgan fingerprint density at radius 1 is 1.07 bits per heavy atom. The average molecular weight is 365 g/mol. The number of rotatable bonds is 3. The van der Waals surface area contributed by atoms with E-state index in [4.69, 9.17) is 4.74 Å². The number of likely N-dealkylation sites (tertiary alicyclic amines) is 1. The van der Waals surface area contributed by atoms with Gasteiger partial charge in [0.15, 0.2) is 0 Å². The van der Waals surface area contributed by atoms with Gasteiger partial charge in [-0.25, -0.2) is 4.79 Å². The molecule has 1 amide bonds. The fourth-order valence-corrected chi connectivity index (χ4v) is 4.34. The number of benzene rings is 2. The number of nitrogens with zero attached hydrogens (tertiary/aromatic N) is 1. The number of carboxylic acid groups (broad SMARTS) is 1. The van der Waals surface area contributed by atoms with Crippen LogP contribution in [0.4, 0.5) is 4.79 Å². The third-order valence-corrected chi connectivity index (χ3v) is 5.80. The summed E-state index contributed by atoms with van der Waals surface area (Å²) in [5.41, 5.74) is 4.77. The maximum absolute atomic E-state index is 12.6. The Morgan fingerprint density at radius 2 is 1.67 bits per heavy atom. The van der Waals surface area contributed by atoms with E-state index >= 15 is 0 Å². The standard InChI is InChI=1S/C22H23NO4/c1-14-12-15(21(24)25)10-11-23(14)22(26)27-13-20-18-8-4-2-6-16(18)17-7-3-5-9-19(17)20/h2-9,14-15,20H,10-13H2,1H3,(H,24,25). The molecule has 0 aromatic heterocycles. The van der Waals surface area contributed by atoms with Gasteiger partial charge in [-0.2, -0.15) is 0 Å². The van der Waals surface area contributed by atoms with E-state index in [1.165, 1.54) is 22.3 Å². The first-order valence-corrected chi connectivity index (χ1v) is 9.40. The van der Waals surface area contributed by atoms with Gasteiger partial charge in [0.05, 0.1) is 5.92 Å². The third kappa shape index (κ3) is 3.18. The second-order valence-electron chi connectivity index (χ2n) is 7.41. The van der Waals surface area contributed by atoms with Crippen LogP contribution in [0.2, 0.25) is 0 Å². The molecule has 1 aliphatic carbocycles. The summed E-state index contributed by atoms with van der Waals surface area (Å²) in [5, 5.41) is 9.18. The number of fused-ring (bicyclic) bond motifs is 3. The molecule has 1 aliphatic heterocycles. The molecule has 2 unspecified atom stereocenters. The number of carbonyl (C=O) groups is 2. The molecule has 0 radical (unpaired) electrons. The molecule has 0 spiro atoms. The van der Waals surface area contributed by atoms with E-state index in [0.717, 1.165) is 0 Å². The molecule has 27 heavy (non-hydrogen) atoms. The molecule has 1 saturated heterocycles. The minimum absolute atomic E-state index is 0.0354. The molecule has 140 valence electrons. The molecule has 0 bridgehead atoms. The average Bonchev–Trinajstić information content (AvgIpc) is 3.00. The number of ether oxygens (including phenoxy) is 1. The van der Waals surface area contributed by atoms with Crippen LogP contribution in [0.3, 0.4) is 0 Å². The van der Waals surface area contributed by atoms with E-state index in [2.05, 4.69) is 24.3 Å². The predicted molar refractivity (Wildman–Crippen MR) is 102 cm³/mol. The van der Waals surface area contributed by atoms with Crippen LogP contribution in [-0.2, 0) is 9.53 Å². The highest BCUT2D eigenvalue weighted by Gasteiger charge is 2.34. The van der Waals surface area contributed by atoms with Gasteiger partial charge in [-0.15, -0.1) is 0 Å². The van der Waals surface area contributed by atoms with Gasteiger partial charge >= 0.3 is 12.1 Å². The van der Waals surface area contributed by atoms with Crippen LogP contribution >= 0.6 is 0 Å². The van der Waals surface area contributed by atoms with Gasteiger partial charge < -0.3 is 14.7 Å². The summed E-state index contributed by atoms with van der Waals surface area (Å²) in [6, 6.07) is 16.3. The highest BCUT2D eigenvalue weighted by atomic mass is 16.6. The van der Waals surface area contributed by atoms with E-state index < -0.39 is 5.97 Å². The van der Waals surface area contributed by atoms with Crippen LogP contribution in [0.25, 0.3) is 11.1 Å². The van der Waals surface area contributed by atoms with Crippen molar-refractivity contribution in [3.63, 3.8) is 0 Å². The van der Waals surface area contributed by atoms with Crippen molar-refractivity contribution >= 4 is 12.1 Å². The molecule has 2 aromatic carbocycles. The van der Waals surface area contributed by atoms with Gasteiger partial charge in [-0.1, -0.05) is 48.5 Å². The molecular formula is C22H23NO4. The summed E-state index contributed by atoms with van der Waals surface area (Å²) in [7, 11) is 0. The first kappa shape index (κ1) is 17.6. The van der Waals surface area contributed by atoms with Crippen LogP contribution in [0.15, 0.2) is 48.5 Å². The Balaban J connectivity index is 1.46. The largest absolute Gasteiger partial charge is 0.481 e. The lowest BCUT2D eigenvalue weighted by Crippen LogP contribution is -2.46. The summed E-state index contributed by atoms with van der Waals surface area (Å²) in [6.45, 7) is 2.60. The molecule has 5 nitrogen and oxygen atoms in total. The van der Waals surface area contributed by atoms with Gasteiger partial charge in [0.2, 0.25) is 0 Å². The van der Waals surface area contributed by atoms with E-state index in [-0.39, 0.29) is 24.0 Å². The van der Waals surface area contributed by atoms with Crippen molar-refractivity contribution in [1.82, 2.24) is 4.90 Å². The van der Waals surface area contributed by atoms with E-state index in [9.17, 15) is 14.7 Å². The molecule has 1 fully saturated rings. The van der Waals surface area contributed by atoms with Crippen molar-refractivity contribution in [3.05, 3.63) is 59.7 Å². The molecule has 2 aliphatic rings. The highest BCUT2D eigenvalue weighted by molar-refractivity contribution is 5.79. The van der Waals surface area contributed by atoms with Crippen LogP contribution in [-0.4, -0.2) is 41.3 Å². The molecule has 2 atom stereocenters. The summed E-state index contributed by atoms with van der Waals surface area (Å²) < 4.78 is 5.68. The number of aliphatic carboxylic acids is 1. The van der Waals surface area contributed by atoms with Crippen molar-refractivity contribution < 1.29 is 19.4 Å². The monoisotopic (exact) mass is 365 g/mol. The summed E-state index contributed by atoms with van der Waals surface area (Å²) in [4.78, 5) is 25.5. The number of carboxylic acids is 1. The molecule has 4 rings (SSSR count). The number of amides is 1. The van der Waals surface area contributed by atoms with E-state index in [0.29, 0.717) is 26.0 Å². The topological polar surface area (TPSA) is 66.8 Å². The number of piperidine rings is 1. The van der Waals surface area contributed by atoms with E-state index in [1.54, 1.807) is 4.90 Å².